The highest BCUT2D eigenvalue weighted by Crippen LogP contribution is 2.11. The molecule has 1 unspecified atom stereocenters. The Balaban J connectivity index is 0.00000288. The van der Waals surface area contributed by atoms with Crippen LogP contribution >= 0.6 is 24.0 Å². The Morgan fingerprint density at radius 2 is 2.33 bits per heavy atom. The van der Waals surface area contributed by atoms with E-state index < -0.39 is 0 Å². The molecule has 136 valence electrons. The quantitative estimate of drug-likeness (QED) is 0.263. The van der Waals surface area contributed by atoms with Crippen molar-refractivity contribution < 1.29 is 9.47 Å². The van der Waals surface area contributed by atoms with E-state index in [1.165, 1.54) is 0 Å². The van der Waals surface area contributed by atoms with Gasteiger partial charge in [0.1, 0.15) is 0 Å². The van der Waals surface area contributed by atoms with Gasteiger partial charge in [0.05, 0.1) is 24.9 Å². The van der Waals surface area contributed by atoms with Gasteiger partial charge in [-0.25, -0.2) is 4.99 Å². The van der Waals surface area contributed by atoms with Gasteiger partial charge in [0, 0.05) is 32.5 Å². The molecule has 1 aliphatic rings. The Hall–Kier alpha value is -0.930. The molecule has 0 aliphatic carbocycles. The first-order chi connectivity index (χ1) is 11.4. The molecule has 1 aromatic heterocycles. The summed E-state index contributed by atoms with van der Waals surface area (Å²) in [5.74, 6) is 0.817. The zero-order chi connectivity index (χ0) is 16.2. The van der Waals surface area contributed by atoms with Gasteiger partial charge in [-0.1, -0.05) is 6.07 Å². The third-order valence-electron chi connectivity index (χ3n) is 3.56. The fourth-order valence-electron chi connectivity index (χ4n) is 2.37. The average Bonchev–Trinajstić information content (AvgIpc) is 3.10. The van der Waals surface area contributed by atoms with Crippen LogP contribution in [0.15, 0.2) is 29.4 Å². The minimum absolute atomic E-state index is 0. The molecule has 1 saturated heterocycles. The molecule has 24 heavy (non-hydrogen) atoms. The van der Waals surface area contributed by atoms with Crippen molar-refractivity contribution in [3.05, 3.63) is 30.1 Å². The zero-order valence-electron chi connectivity index (χ0n) is 14.4. The van der Waals surface area contributed by atoms with Gasteiger partial charge >= 0.3 is 0 Å². The number of ether oxygens (including phenoxy) is 2. The van der Waals surface area contributed by atoms with Crippen molar-refractivity contribution in [2.24, 2.45) is 4.99 Å². The van der Waals surface area contributed by atoms with Crippen LogP contribution in [-0.2, 0) is 16.0 Å². The Labute approximate surface area is 161 Å². The molecular formula is C17H29IN4O2. The lowest BCUT2D eigenvalue weighted by Crippen LogP contribution is -2.38. The van der Waals surface area contributed by atoms with E-state index in [1.54, 1.807) is 6.20 Å². The smallest absolute Gasteiger partial charge is 0.191 e. The second kappa shape index (κ2) is 13.4. The van der Waals surface area contributed by atoms with Crippen LogP contribution in [0.5, 0.6) is 0 Å². The van der Waals surface area contributed by atoms with Crippen molar-refractivity contribution in [2.75, 3.05) is 32.9 Å². The maximum absolute atomic E-state index is 5.65. The number of pyridine rings is 1. The first kappa shape index (κ1) is 21.1. The molecule has 7 heteroatoms. The van der Waals surface area contributed by atoms with E-state index in [4.69, 9.17) is 9.47 Å². The molecule has 1 atom stereocenters. The van der Waals surface area contributed by atoms with Crippen molar-refractivity contribution in [2.45, 2.75) is 38.8 Å². The number of guanidine groups is 1. The van der Waals surface area contributed by atoms with E-state index in [0.717, 1.165) is 57.2 Å². The van der Waals surface area contributed by atoms with Crippen LogP contribution in [-0.4, -0.2) is 50.0 Å². The Morgan fingerprint density at radius 3 is 3.04 bits per heavy atom. The minimum atomic E-state index is 0. The molecule has 2 rings (SSSR count). The van der Waals surface area contributed by atoms with Crippen molar-refractivity contribution in [1.82, 2.24) is 15.6 Å². The molecule has 0 bridgehead atoms. The summed E-state index contributed by atoms with van der Waals surface area (Å²) in [5, 5.41) is 6.56. The number of hydrogen-bond acceptors (Lipinski definition) is 4. The third-order valence-corrected chi connectivity index (χ3v) is 3.56. The molecule has 1 aromatic rings. The van der Waals surface area contributed by atoms with Crippen LogP contribution < -0.4 is 10.6 Å². The third kappa shape index (κ3) is 8.79. The maximum Gasteiger partial charge on any atom is 0.191 e. The van der Waals surface area contributed by atoms with Gasteiger partial charge in [0.25, 0.3) is 0 Å². The van der Waals surface area contributed by atoms with Gasteiger partial charge in [-0.2, -0.15) is 0 Å². The zero-order valence-corrected chi connectivity index (χ0v) is 16.7. The second-order valence-electron chi connectivity index (χ2n) is 5.51. The van der Waals surface area contributed by atoms with Crippen LogP contribution in [0.1, 0.15) is 31.9 Å². The fourth-order valence-corrected chi connectivity index (χ4v) is 2.37. The summed E-state index contributed by atoms with van der Waals surface area (Å²) >= 11 is 0. The number of nitrogens with zero attached hydrogens (tertiary/aromatic N) is 2. The van der Waals surface area contributed by atoms with Crippen LogP contribution in [0.25, 0.3) is 0 Å². The molecule has 2 N–H and O–H groups in total. The summed E-state index contributed by atoms with van der Waals surface area (Å²) in [5.41, 5.74) is 0.963. The molecule has 1 aliphatic heterocycles. The van der Waals surface area contributed by atoms with E-state index >= 15 is 0 Å². The van der Waals surface area contributed by atoms with Gasteiger partial charge in [-0.15, -0.1) is 24.0 Å². The number of halogens is 1. The normalized spacial score (nSPS) is 17.4. The Kier molecular flexibility index (Phi) is 11.8. The van der Waals surface area contributed by atoms with Crippen LogP contribution in [0.3, 0.4) is 0 Å². The summed E-state index contributed by atoms with van der Waals surface area (Å²) in [7, 11) is 0. The topological polar surface area (TPSA) is 67.8 Å². The van der Waals surface area contributed by atoms with Gasteiger partial charge in [0.15, 0.2) is 5.96 Å². The lowest BCUT2D eigenvalue weighted by Gasteiger charge is -2.12. The maximum atomic E-state index is 5.65. The molecule has 0 saturated carbocycles. The summed E-state index contributed by atoms with van der Waals surface area (Å²) in [6.07, 6.45) is 5.33. The molecule has 1 fully saturated rings. The lowest BCUT2D eigenvalue weighted by molar-refractivity contribution is 0.0168. The molecule has 0 amide bonds. The second-order valence-corrected chi connectivity index (χ2v) is 5.51. The highest BCUT2D eigenvalue weighted by atomic mass is 127. The standard InChI is InChI=1S/C17H28N4O2.HI/c1-2-18-17(21-13-15-7-3-4-9-19-15)20-10-6-11-22-14-16-8-5-12-23-16;/h3-4,7,9,16H,2,5-6,8,10-14H2,1H3,(H2,18,20,21);1H. The molecule has 2 heterocycles. The number of nitrogens with one attached hydrogen (secondary N) is 2. The van der Waals surface area contributed by atoms with Gasteiger partial charge in [-0.3, -0.25) is 4.98 Å². The largest absolute Gasteiger partial charge is 0.379 e. The lowest BCUT2D eigenvalue weighted by atomic mass is 10.2. The predicted octanol–water partition coefficient (Wildman–Crippen LogP) is 2.34. The highest BCUT2D eigenvalue weighted by Gasteiger charge is 2.14. The number of aliphatic imine (C=N–C) groups is 1. The Morgan fingerprint density at radius 1 is 1.42 bits per heavy atom. The highest BCUT2D eigenvalue weighted by molar-refractivity contribution is 14.0. The average molecular weight is 448 g/mol. The van der Waals surface area contributed by atoms with Crippen LogP contribution in [0, 0.1) is 0 Å². The first-order valence-electron chi connectivity index (χ1n) is 8.50. The van der Waals surface area contributed by atoms with E-state index in [2.05, 4.69) is 27.5 Å². The number of rotatable bonds is 9. The SMILES string of the molecule is CCNC(=NCc1ccccn1)NCCCOCC1CCCO1.I. The molecule has 0 aromatic carbocycles. The molecule has 6 nitrogen and oxygen atoms in total. The first-order valence-corrected chi connectivity index (χ1v) is 8.50. The van der Waals surface area contributed by atoms with Crippen molar-refractivity contribution in [3.63, 3.8) is 0 Å². The minimum Gasteiger partial charge on any atom is -0.379 e. The van der Waals surface area contributed by atoms with E-state index in [0.29, 0.717) is 19.3 Å². The van der Waals surface area contributed by atoms with Crippen molar-refractivity contribution in [1.29, 1.82) is 0 Å². The molecule has 0 radical (unpaired) electrons. The van der Waals surface area contributed by atoms with Gasteiger partial charge in [0.2, 0.25) is 0 Å². The monoisotopic (exact) mass is 448 g/mol. The summed E-state index contributed by atoms with van der Waals surface area (Å²) in [6.45, 7) is 6.65. The summed E-state index contributed by atoms with van der Waals surface area (Å²) in [6, 6.07) is 5.86. The number of aromatic nitrogens is 1. The van der Waals surface area contributed by atoms with Crippen molar-refractivity contribution >= 4 is 29.9 Å². The molecule has 0 spiro atoms. The Bertz CT molecular complexity index is 453. The van der Waals surface area contributed by atoms with Gasteiger partial charge < -0.3 is 20.1 Å². The summed E-state index contributed by atoms with van der Waals surface area (Å²) in [4.78, 5) is 8.81. The van der Waals surface area contributed by atoms with E-state index in [1.807, 2.05) is 18.2 Å². The van der Waals surface area contributed by atoms with E-state index in [9.17, 15) is 0 Å². The molecular weight excluding hydrogens is 419 g/mol. The van der Waals surface area contributed by atoms with Crippen LogP contribution in [0.4, 0.5) is 0 Å². The fraction of sp³-hybridized carbons (Fsp3) is 0.647. The number of hydrogen-bond donors (Lipinski definition) is 2. The van der Waals surface area contributed by atoms with Crippen molar-refractivity contribution in [3.8, 4) is 0 Å². The summed E-state index contributed by atoms with van der Waals surface area (Å²) < 4.78 is 11.2. The predicted molar refractivity (Wildman–Crippen MR) is 107 cm³/mol. The van der Waals surface area contributed by atoms with Crippen LogP contribution in [0.2, 0.25) is 0 Å². The van der Waals surface area contributed by atoms with Gasteiger partial charge in [-0.05, 0) is 38.3 Å². The van der Waals surface area contributed by atoms with E-state index in [-0.39, 0.29) is 24.0 Å².